The van der Waals surface area contributed by atoms with Gasteiger partial charge in [0.25, 0.3) is 0 Å². The highest BCUT2D eigenvalue weighted by Crippen LogP contribution is 2.26. The summed E-state index contributed by atoms with van der Waals surface area (Å²) in [7, 11) is 1.90. The molecular weight excluding hydrogens is 314 g/mol. The molecule has 0 aliphatic rings. The standard InChI is InChI=1S/C21H21NO3/c1-3-25-20(24)13-16-10-7-11-17-18(14-22(2)21(16)17)19(23)12-15-8-5-4-6-9-15/h4-11,14H,3,12-13H2,1-2H3. The van der Waals surface area contributed by atoms with Crippen LogP contribution in [0.25, 0.3) is 10.9 Å². The van der Waals surface area contributed by atoms with Crippen LogP contribution in [0.15, 0.2) is 54.7 Å². The highest BCUT2D eigenvalue weighted by Gasteiger charge is 2.17. The number of hydrogen-bond acceptors (Lipinski definition) is 3. The topological polar surface area (TPSA) is 48.3 Å². The number of aryl methyl sites for hydroxylation is 1. The Balaban J connectivity index is 1.95. The molecule has 0 atom stereocenters. The fraction of sp³-hybridized carbons (Fsp3) is 0.238. The second kappa shape index (κ2) is 7.34. The van der Waals surface area contributed by atoms with Crippen LogP contribution in [0.1, 0.15) is 28.4 Å². The van der Waals surface area contributed by atoms with Gasteiger partial charge in [-0.25, -0.2) is 0 Å². The lowest BCUT2D eigenvalue weighted by molar-refractivity contribution is -0.142. The zero-order chi connectivity index (χ0) is 17.8. The van der Waals surface area contributed by atoms with E-state index in [0.717, 1.165) is 22.0 Å². The van der Waals surface area contributed by atoms with Gasteiger partial charge in [0.2, 0.25) is 0 Å². The van der Waals surface area contributed by atoms with E-state index in [1.807, 2.05) is 66.3 Å². The van der Waals surface area contributed by atoms with E-state index in [9.17, 15) is 9.59 Å². The summed E-state index contributed by atoms with van der Waals surface area (Å²) in [6, 6.07) is 15.4. The molecule has 0 fully saturated rings. The minimum absolute atomic E-state index is 0.0742. The summed E-state index contributed by atoms with van der Waals surface area (Å²) in [6.07, 6.45) is 2.42. The van der Waals surface area contributed by atoms with Crippen molar-refractivity contribution in [3.8, 4) is 0 Å². The Kier molecular flexibility index (Phi) is 4.98. The van der Waals surface area contributed by atoms with Crippen molar-refractivity contribution in [3.63, 3.8) is 0 Å². The summed E-state index contributed by atoms with van der Waals surface area (Å²) in [5.41, 5.74) is 3.46. The molecule has 0 saturated carbocycles. The number of Topliss-reactive ketones (excluding diaryl/α,β-unsaturated/α-hetero) is 1. The Bertz CT molecular complexity index is 910. The van der Waals surface area contributed by atoms with Crippen molar-refractivity contribution in [3.05, 3.63) is 71.4 Å². The maximum absolute atomic E-state index is 12.8. The minimum atomic E-state index is -0.256. The van der Waals surface area contributed by atoms with E-state index in [-0.39, 0.29) is 18.2 Å². The van der Waals surface area contributed by atoms with Gasteiger partial charge in [-0.15, -0.1) is 0 Å². The molecule has 0 aliphatic heterocycles. The zero-order valence-corrected chi connectivity index (χ0v) is 14.5. The van der Waals surface area contributed by atoms with Gasteiger partial charge in [0, 0.05) is 30.6 Å². The highest BCUT2D eigenvalue weighted by molar-refractivity contribution is 6.09. The number of carbonyl (C=O) groups is 2. The summed E-state index contributed by atoms with van der Waals surface area (Å²) in [5.74, 6) is -0.182. The monoisotopic (exact) mass is 335 g/mol. The molecule has 0 aliphatic carbocycles. The summed E-state index contributed by atoms with van der Waals surface area (Å²) in [5, 5.41) is 0.880. The molecule has 4 nitrogen and oxygen atoms in total. The molecule has 0 N–H and O–H groups in total. The molecule has 0 amide bonds. The SMILES string of the molecule is CCOC(=O)Cc1cccc2c(C(=O)Cc3ccccc3)cn(C)c12. The fourth-order valence-corrected chi connectivity index (χ4v) is 3.16. The van der Waals surface area contributed by atoms with Crippen LogP contribution in [0.2, 0.25) is 0 Å². The van der Waals surface area contributed by atoms with Crippen molar-refractivity contribution in [2.45, 2.75) is 19.8 Å². The summed E-state index contributed by atoms with van der Waals surface area (Å²) >= 11 is 0. The number of para-hydroxylation sites is 1. The Labute approximate surface area is 147 Å². The van der Waals surface area contributed by atoms with Crippen LogP contribution in [-0.4, -0.2) is 22.9 Å². The third-order valence-electron chi connectivity index (χ3n) is 4.23. The molecule has 3 aromatic rings. The van der Waals surface area contributed by atoms with Gasteiger partial charge in [0.15, 0.2) is 5.78 Å². The first-order valence-corrected chi connectivity index (χ1v) is 8.39. The maximum Gasteiger partial charge on any atom is 0.310 e. The molecular formula is C21H21NO3. The third kappa shape index (κ3) is 3.63. The molecule has 2 aromatic carbocycles. The van der Waals surface area contributed by atoms with Gasteiger partial charge < -0.3 is 9.30 Å². The number of ketones is 1. The number of fused-ring (bicyclic) bond motifs is 1. The molecule has 0 radical (unpaired) electrons. The van der Waals surface area contributed by atoms with E-state index in [2.05, 4.69) is 0 Å². The average molecular weight is 335 g/mol. The van der Waals surface area contributed by atoms with E-state index in [1.54, 1.807) is 6.92 Å². The quantitative estimate of drug-likeness (QED) is 0.510. The number of hydrogen-bond donors (Lipinski definition) is 0. The van der Waals surface area contributed by atoms with Gasteiger partial charge in [-0.2, -0.15) is 0 Å². The van der Waals surface area contributed by atoms with Gasteiger partial charge >= 0.3 is 5.97 Å². The number of esters is 1. The Morgan fingerprint density at radius 2 is 1.76 bits per heavy atom. The van der Waals surface area contributed by atoms with Crippen LogP contribution in [0, 0.1) is 0 Å². The largest absolute Gasteiger partial charge is 0.466 e. The lowest BCUT2D eigenvalue weighted by atomic mass is 10.0. The molecule has 0 spiro atoms. The highest BCUT2D eigenvalue weighted by atomic mass is 16.5. The first-order chi connectivity index (χ1) is 12.1. The molecule has 4 heteroatoms. The predicted octanol–water partition coefficient (Wildman–Crippen LogP) is 3.71. The Hall–Kier alpha value is -2.88. The number of rotatable bonds is 6. The van der Waals surface area contributed by atoms with Crippen LogP contribution in [-0.2, 0) is 29.4 Å². The van der Waals surface area contributed by atoms with Crippen molar-refractivity contribution in [1.82, 2.24) is 4.57 Å². The average Bonchev–Trinajstić information content (AvgIpc) is 2.94. The first kappa shape index (κ1) is 17.0. The van der Waals surface area contributed by atoms with Gasteiger partial charge in [-0.3, -0.25) is 9.59 Å². The van der Waals surface area contributed by atoms with E-state index < -0.39 is 0 Å². The number of carbonyl (C=O) groups excluding carboxylic acids is 2. The van der Waals surface area contributed by atoms with Crippen LogP contribution < -0.4 is 0 Å². The van der Waals surface area contributed by atoms with Crippen molar-refractivity contribution < 1.29 is 14.3 Å². The van der Waals surface area contributed by atoms with E-state index >= 15 is 0 Å². The third-order valence-corrected chi connectivity index (χ3v) is 4.23. The fourth-order valence-electron chi connectivity index (χ4n) is 3.16. The second-order valence-corrected chi connectivity index (χ2v) is 6.03. The van der Waals surface area contributed by atoms with Crippen molar-refractivity contribution >= 4 is 22.7 Å². The van der Waals surface area contributed by atoms with Crippen LogP contribution in [0.3, 0.4) is 0 Å². The summed E-state index contributed by atoms with van der Waals surface area (Å²) < 4.78 is 6.97. The molecule has 3 rings (SSSR count). The molecule has 25 heavy (non-hydrogen) atoms. The van der Waals surface area contributed by atoms with Crippen molar-refractivity contribution in [2.75, 3.05) is 6.61 Å². The maximum atomic E-state index is 12.8. The second-order valence-electron chi connectivity index (χ2n) is 6.03. The van der Waals surface area contributed by atoms with Gasteiger partial charge in [0.05, 0.1) is 18.5 Å². The number of nitrogens with zero attached hydrogens (tertiary/aromatic N) is 1. The lowest BCUT2D eigenvalue weighted by Crippen LogP contribution is -2.08. The van der Waals surface area contributed by atoms with E-state index in [4.69, 9.17) is 4.74 Å². The van der Waals surface area contributed by atoms with E-state index in [1.165, 1.54) is 0 Å². The van der Waals surface area contributed by atoms with Crippen LogP contribution in [0.4, 0.5) is 0 Å². The number of benzene rings is 2. The Morgan fingerprint density at radius 1 is 1.00 bits per heavy atom. The van der Waals surface area contributed by atoms with Gasteiger partial charge in [0.1, 0.15) is 0 Å². The molecule has 1 heterocycles. The van der Waals surface area contributed by atoms with Crippen molar-refractivity contribution in [1.29, 1.82) is 0 Å². The van der Waals surface area contributed by atoms with Crippen LogP contribution >= 0.6 is 0 Å². The first-order valence-electron chi connectivity index (χ1n) is 8.39. The molecule has 0 unspecified atom stereocenters. The molecule has 128 valence electrons. The predicted molar refractivity (Wildman–Crippen MR) is 97.7 cm³/mol. The van der Waals surface area contributed by atoms with E-state index in [0.29, 0.717) is 18.6 Å². The van der Waals surface area contributed by atoms with Crippen molar-refractivity contribution in [2.24, 2.45) is 7.05 Å². The summed E-state index contributed by atoms with van der Waals surface area (Å²) in [6.45, 7) is 2.16. The summed E-state index contributed by atoms with van der Waals surface area (Å²) in [4.78, 5) is 24.6. The Morgan fingerprint density at radius 3 is 2.48 bits per heavy atom. The molecule has 1 aromatic heterocycles. The van der Waals surface area contributed by atoms with Gasteiger partial charge in [-0.05, 0) is 18.1 Å². The zero-order valence-electron chi connectivity index (χ0n) is 14.5. The van der Waals surface area contributed by atoms with Gasteiger partial charge in [-0.1, -0.05) is 48.5 Å². The molecule has 0 bridgehead atoms. The minimum Gasteiger partial charge on any atom is -0.466 e. The smallest absolute Gasteiger partial charge is 0.310 e. The number of ether oxygens (including phenoxy) is 1. The number of aromatic nitrogens is 1. The normalized spacial score (nSPS) is 10.8. The lowest BCUT2D eigenvalue weighted by Gasteiger charge is -2.06. The molecule has 0 saturated heterocycles. The van der Waals surface area contributed by atoms with Crippen LogP contribution in [0.5, 0.6) is 0 Å².